The quantitative estimate of drug-likeness (QED) is 0.444. The Balaban J connectivity index is 2.39. The Labute approximate surface area is 123 Å². The van der Waals surface area contributed by atoms with E-state index in [9.17, 15) is 5.11 Å². The first-order valence-corrected chi connectivity index (χ1v) is 8.26. The maximum Gasteiger partial charge on any atom is 0.0985 e. The molecule has 0 heterocycles. The lowest BCUT2D eigenvalue weighted by molar-refractivity contribution is 0.231. The van der Waals surface area contributed by atoms with Crippen LogP contribution in [-0.4, -0.2) is 5.11 Å². The zero-order chi connectivity index (χ0) is 13.0. The van der Waals surface area contributed by atoms with Gasteiger partial charge in [-0.3, -0.25) is 0 Å². The van der Waals surface area contributed by atoms with E-state index in [1.807, 2.05) is 13.0 Å². The van der Waals surface area contributed by atoms with Crippen LogP contribution in [0, 0.1) is 0 Å². The summed E-state index contributed by atoms with van der Waals surface area (Å²) in [6.45, 7) is 1.94. The summed E-state index contributed by atoms with van der Waals surface area (Å²) in [5.74, 6) is 0.560. The molecular formula is C16H21IO. The van der Waals surface area contributed by atoms with Crippen molar-refractivity contribution >= 4 is 22.6 Å². The molecule has 98 valence electrons. The normalized spacial score (nSPS) is 19.8. The molecule has 0 aliphatic heterocycles. The molecule has 1 aliphatic carbocycles. The zero-order valence-electron chi connectivity index (χ0n) is 11.0. The van der Waals surface area contributed by atoms with Crippen LogP contribution in [0.2, 0.25) is 0 Å². The first-order valence-electron chi connectivity index (χ1n) is 6.74. The largest absolute Gasteiger partial charge is 0.512 e. The van der Waals surface area contributed by atoms with Gasteiger partial charge in [0.1, 0.15) is 0 Å². The van der Waals surface area contributed by atoms with Gasteiger partial charge in [-0.1, -0.05) is 66.1 Å². The zero-order valence-corrected chi connectivity index (χ0v) is 13.1. The maximum atomic E-state index is 10.4. The summed E-state index contributed by atoms with van der Waals surface area (Å²) in [6, 6.07) is 8.81. The fourth-order valence-electron chi connectivity index (χ4n) is 3.04. The van der Waals surface area contributed by atoms with Gasteiger partial charge in [0.15, 0.2) is 0 Å². The van der Waals surface area contributed by atoms with Crippen LogP contribution >= 0.6 is 22.6 Å². The molecule has 0 radical (unpaired) electrons. The average molecular weight is 356 g/mol. The van der Waals surface area contributed by atoms with Crippen LogP contribution in [0.25, 0.3) is 0 Å². The highest BCUT2D eigenvalue weighted by molar-refractivity contribution is 14.1. The minimum Gasteiger partial charge on any atom is -0.512 e. The minimum atomic E-state index is -0.114. The van der Waals surface area contributed by atoms with Crippen molar-refractivity contribution in [1.29, 1.82) is 0 Å². The number of benzene rings is 1. The average Bonchev–Trinajstić information content (AvgIpc) is 2.47. The van der Waals surface area contributed by atoms with E-state index in [0.29, 0.717) is 5.76 Å². The van der Waals surface area contributed by atoms with E-state index in [-0.39, 0.29) is 5.41 Å². The molecule has 0 aromatic heterocycles. The van der Waals surface area contributed by atoms with E-state index in [1.165, 1.54) is 30.4 Å². The number of aliphatic hydroxyl groups excluding tert-OH is 1. The molecule has 18 heavy (non-hydrogen) atoms. The van der Waals surface area contributed by atoms with E-state index in [0.717, 1.165) is 17.3 Å². The van der Waals surface area contributed by atoms with Gasteiger partial charge in [0.2, 0.25) is 0 Å². The molecular weight excluding hydrogens is 335 g/mol. The van der Waals surface area contributed by atoms with Crippen molar-refractivity contribution < 1.29 is 5.11 Å². The SMILES string of the molecule is CC=C(O)C1(c2ccc(CI)cc2)CCCCC1. The molecule has 0 bridgehead atoms. The first kappa shape index (κ1) is 13.9. The third-order valence-corrected chi connectivity index (χ3v) is 5.01. The number of hydrogen-bond donors (Lipinski definition) is 1. The summed E-state index contributed by atoms with van der Waals surface area (Å²) in [5, 5.41) is 10.4. The molecule has 0 saturated heterocycles. The van der Waals surface area contributed by atoms with E-state index in [4.69, 9.17) is 0 Å². The number of rotatable bonds is 3. The summed E-state index contributed by atoms with van der Waals surface area (Å²) >= 11 is 2.38. The molecule has 1 aromatic carbocycles. The highest BCUT2D eigenvalue weighted by Crippen LogP contribution is 2.44. The second kappa shape index (κ2) is 6.09. The number of alkyl halides is 1. The number of aliphatic hydroxyl groups is 1. The fraction of sp³-hybridized carbons (Fsp3) is 0.500. The van der Waals surface area contributed by atoms with Gasteiger partial charge in [0.05, 0.1) is 11.2 Å². The third-order valence-electron chi connectivity index (χ3n) is 4.13. The molecule has 1 fully saturated rings. The van der Waals surface area contributed by atoms with Gasteiger partial charge in [0, 0.05) is 4.43 Å². The molecule has 2 rings (SSSR count). The third kappa shape index (κ3) is 2.58. The Bertz CT molecular complexity index is 413. The monoisotopic (exact) mass is 356 g/mol. The number of halogens is 1. The highest BCUT2D eigenvalue weighted by atomic mass is 127. The van der Waals surface area contributed by atoms with Crippen LogP contribution in [0.4, 0.5) is 0 Å². The fourth-order valence-corrected chi connectivity index (χ4v) is 3.55. The van der Waals surface area contributed by atoms with Gasteiger partial charge in [-0.25, -0.2) is 0 Å². The molecule has 1 aromatic rings. The summed E-state index contributed by atoms with van der Waals surface area (Å²) < 4.78 is 1.04. The summed E-state index contributed by atoms with van der Waals surface area (Å²) in [6.07, 6.45) is 7.75. The molecule has 0 atom stereocenters. The number of allylic oxidation sites excluding steroid dienone is 2. The van der Waals surface area contributed by atoms with Gasteiger partial charge in [-0.15, -0.1) is 0 Å². The Morgan fingerprint density at radius 3 is 2.33 bits per heavy atom. The molecule has 0 unspecified atom stereocenters. The van der Waals surface area contributed by atoms with Crippen molar-refractivity contribution in [2.45, 2.75) is 48.9 Å². The summed E-state index contributed by atoms with van der Waals surface area (Å²) in [5.41, 5.74) is 2.52. The summed E-state index contributed by atoms with van der Waals surface area (Å²) in [4.78, 5) is 0. The van der Waals surface area contributed by atoms with E-state index < -0.39 is 0 Å². The van der Waals surface area contributed by atoms with Crippen LogP contribution in [0.3, 0.4) is 0 Å². The predicted molar refractivity (Wildman–Crippen MR) is 85.3 cm³/mol. The van der Waals surface area contributed by atoms with E-state index in [2.05, 4.69) is 46.9 Å². The van der Waals surface area contributed by atoms with Gasteiger partial charge >= 0.3 is 0 Å². The topological polar surface area (TPSA) is 20.2 Å². The van der Waals surface area contributed by atoms with Crippen LogP contribution < -0.4 is 0 Å². The molecule has 1 nitrogen and oxygen atoms in total. The van der Waals surface area contributed by atoms with Crippen LogP contribution in [0.15, 0.2) is 36.1 Å². The molecule has 1 N–H and O–H groups in total. The second-order valence-corrected chi connectivity index (χ2v) is 5.91. The van der Waals surface area contributed by atoms with Crippen molar-refractivity contribution in [3.63, 3.8) is 0 Å². The lowest BCUT2D eigenvalue weighted by atomic mass is 9.68. The van der Waals surface area contributed by atoms with Gasteiger partial charge in [-0.2, -0.15) is 0 Å². The predicted octanol–water partition coefficient (Wildman–Crippen LogP) is 5.29. The van der Waals surface area contributed by atoms with Gasteiger partial charge < -0.3 is 5.11 Å². The Morgan fingerprint density at radius 2 is 1.83 bits per heavy atom. The minimum absolute atomic E-state index is 0.114. The Hall–Kier alpha value is -0.510. The second-order valence-electron chi connectivity index (χ2n) is 5.15. The van der Waals surface area contributed by atoms with Crippen molar-refractivity contribution in [1.82, 2.24) is 0 Å². The molecule has 0 spiro atoms. The Kier molecular flexibility index (Phi) is 4.71. The van der Waals surface area contributed by atoms with Crippen LogP contribution in [-0.2, 0) is 9.84 Å². The van der Waals surface area contributed by atoms with Crippen molar-refractivity contribution in [3.05, 3.63) is 47.2 Å². The van der Waals surface area contributed by atoms with E-state index >= 15 is 0 Å². The first-order chi connectivity index (χ1) is 8.73. The van der Waals surface area contributed by atoms with Crippen molar-refractivity contribution in [3.8, 4) is 0 Å². The summed E-state index contributed by atoms with van der Waals surface area (Å²) in [7, 11) is 0. The van der Waals surface area contributed by atoms with E-state index in [1.54, 1.807) is 0 Å². The Morgan fingerprint density at radius 1 is 1.22 bits per heavy atom. The lowest BCUT2D eigenvalue weighted by Crippen LogP contribution is -2.31. The molecule has 1 saturated carbocycles. The lowest BCUT2D eigenvalue weighted by Gasteiger charge is -2.37. The molecule has 1 aliphatic rings. The van der Waals surface area contributed by atoms with Crippen LogP contribution in [0.1, 0.15) is 50.2 Å². The van der Waals surface area contributed by atoms with Gasteiger partial charge in [-0.05, 0) is 37.0 Å². The van der Waals surface area contributed by atoms with Gasteiger partial charge in [0.25, 0.3) is 0 Å². The maximum absolute atomic E-state index is 10.4. The smallest absolute Gasteiger partial charge is 0.0985 e. The number of hydrogen-bond acceptors (Lipinski definition) is 1. The standard InChI is InChI=1S/C16H21IO/c1-2-15(18)16(10-4-3-5-11-16)14-8-6-13(12-17)7-9-14/h2,6-9,18H,3-5,10-12H2,1H3. The van der Waals surface area contributed by atoms with Crippen molar-refractivity contribution in [2.75, 3.05) is 0 Å². The highest BCUT2D eigenvalue weighted by Gasteiger charge is 2.37. The molecule has 0 amide bonds. The van der Waals surface area contributed by atoms with Crippen molar-refractivity contribution in [2.24, 2.45) is 0 Å². The molecule has 2 heteroatoms. The van der Waals surface area contributed by atoms with Crippen LogP contribution in [0.5, 0.6) is 0 Å².